The van der Waals surface area contributed by atoms with Crippen LogP contribution in [-0.4, -0.2) is 11.7 Å². The van der Waals surface area contributed by atoms with Crippen molar-refractivity contribution in [2.24, 2.45) is 7.05 Å². The van der Waals surface area contributed by atoms with Gasteiger partial charge in [-0.15, -0.1) is 0 Å². The first-order valence-corrected chi connectivity index (χ1v) is 3.35. The summed E-state index contributed by atoms with van der Waals surface area (Å²) >= 11 is 0. The van der Waals surface area contributed by atoms with Crippen LogP contribution in [0.3, 0.4) is 0 Å². The van der Waals surface area contributed by atoms with Crippen LogP contribution in [0.15, 0.2) is 12.3 Å². The number of rotatable bonds is 2. The molecule has 0 aliphatic carbocycles. The summed E-state index contributed by atoms with van der Waals surface area (Å²) in [5.74, 6) is 0. The normalized spacial score (nSPS) is 10.3. The van der Waals surface area contributed by atoms with Gasteiger partial charge in [-0.25, -0.2) is 0 Å². The van der Waals surface area contributed by atoms with E-state index in [9.17, 15) is 0 Å². The summed E-state index contributed by atoms with van der Waals surface area (Å²) in [5.41, 5.74) is 2.51. The molecule has 0 N–H and O–H groups in total. The zero-order valence-electron chi connectivity index (χ0n) is 6.72. The largest absolute Gasteiger partial charge is 0.378 e. The molecule has 1 aromatic rings. The lowest BCUT2D eigenvalue weighted by Gasteiger charge is -1.98. The van der Waals surface area contributed by atoms with Gasteiger partial charge in [-0.05, 0) is 18.6 Å². The molecule has 0 saturated heterocycles. The first-order chi connectivity index (χ1) is 4.74. The predicted molar refractivity (Wildman–Crippen MR) is 40.9 cm³/mol. The first-order valence-electron chi connectivity index (χ1n) is 3.35. The Balaban J connectivity index is 2.81. The lowest BCUT2D eigenvalue weighted by molar-refractivity contribution is 0.179. The molecule has 56 valence electrons. The molecule has 0 amide bonds. The molecular formula is C8H13NO. The molecular weight excluding hydrogens is 126 g/mol. The van der Waals surface area contributed by atoms with Crippen LogP contribution < -0.4 is 0 Å². The lowest BCUT2D eigenvalue weighted by Crippen LogP contribution is -1.95. The second-order valence-electron chi connectivity index (χ2n) is 2.55. The maximum atomic E-state index is 5.00. The number of nitrogens with zero attached hydrogens (tertiary/aromatic N) is 1. The number of methoxy groups -OCH3 is 1. The zero-order valence-corrected chi connectivity index (χ0v) is 6.72. The SMILES string of the molecule is COCc1cc(C)cn1C. The average molecular weight is 139 g/mol. The summed E-state index contributed by atoms with van der Waals surface area (Å²) in [6, 6.07) is 2.13. The molecule has 0 aliphatic rings. The van der Waals surface area contributed by atoms with E-state index < -0.39 is 0 Å². The van der Waals surface area contributed by atoms with Crippen LogP contribution in [0.5, 0.6) is 0 Å². The van der Waals surface area contributed by atoms with Crippen molar-refractivity contribution in [3.8, 4) is 0 Å². The van der Waals surface area contributed by atoms with Gasteiger partial charge in [0.05, 0.1) is 6.61 Å². The van der Waals surface area contributed by atoms with Gasteiger partial charge in [-0.3, -0.25) is 0 Å². The van der Waals surface area contributed by atoms with Gasteiger partial charge in [0.25, 0.3) is 0 Å². The Kier molecular flexibility index (Phi) is 2.12. The van der Waals surface area contributed by atoms with Gasteiger partial charge in [0.1, 0.15) is 0 Å². The maximum absolute atomic E-state index is 5.00. The smallest absolute Gasteiger partial charge is 0.0863 e. The molecule has 2 nitrogen and oxygen atoms in total. The van der Waals surface area contributed by atoms with E-state index in [0.717, 1.165) is 0 Å². The molecule has 0 aromatic carbocycles. The van der Waals surface area contributed by atoms with Gasteiger partial charge in [-0.2, -0.15) is 0 Å². The highest BCUT2D eigenvalue weighted by Crippen LogP contribution is 2.05. The van der Waals surface area contributed by atoms with E-state index in [0.29, 0.717) is 6.61 Å². The summed E-state index contributed by atoms with van der Waals surface area (Å²) in [7, 11) is 3.74. The van der Waals surface area contributed by atoms with E-state index in [2.05, 4.69) is 23.8 Å². The zero-order chi connectivity index (χ0) is 7.56. The minimum Gasteiger partial charge on any atom is -0.378 e. The van der Waals surface area contributed by atoms with Crippen LogP contribution in [0.2, 0.25) is 0 Å². The van der Waals surface area contributed by atoms with E-state index in [1.165, 1.54) is 11.3 Å². The predicted octanol–water partition coefficient (Wildman–Crippen LogP) is 1.48. The topological polar surface area (TPSA) is 14.2 Å². The summed E-state index contributed by atoms with van der Waals surface area (Å²) in [4.78, 5) is 0. The second kappa shape index (κ2) is 2.88. The summed E-state index contributed by atoms with van der Waals surface area (Å²) in [6.45, 7) is 2.78. The fourth-order valence-corrected chi connectivity index (χ4v) is 1.08. The Hall–Kier alpha value is -0.760. The van der Waals surface area contributed by atoms with Gasteiger partial charge in [0.15, 0.2) is 0 Å². The molecule has 0 saturated carbocycles. The third kappa shape index (κ3) is 1.39. The highest BCUT2D eigenvalue weighted by molar-refractivity contribution is 5.15. The number of hydrogen-bond acceptors (Lipinski definition) is 1. The van der Waals surface area contributed by atoms with Crippen LogP contribution in [0, 0.1) is 6.92 Å². The molecule has 0 fully saturated rings. The summed E-state index contributed by atoms with van der Waals surface area (Å²) in [5, 5.41) is 0. The molecule has 1 rings (SSSR count). The molecule has 0 unspecified atom stereocenters. The van der Waals surface area contributed by atoms with Crippen molar-refractivity contribution in [2.45, 2.75) is 13.5 Å². The standard InChI is InChI=1S/C8H13NO/c1-7-4-8(6-10-3)9(2)5-7/h4-5H,6H2,1-3H3. The molecule has 0 bridgehead atoms. The van der Waals surface area contributed by atoms with Gasteiger partial charge < -0.3 is 9.30 Å². The Bertz CT molecular complexity index is 215. The molecule has 10 heavy (non-hydrogen) atoms. The molecule has 0 radical (unpaired) electrons. The molecule has 2 heteroatoms. The maximum Gasteiger partial charge on any atom is 0.0863 e. The first kappa shape index (κ1) is 7.35. The van der Waals surface area contributed by atoms with Crippen LogP contribution in [0.4, 0.5) is 0 Å². The third-order valence-corrected chi connectivity index (χ3v) is 1.54. The van der Waals surface area contributed by atoms with Crippen molar-refractivity contribution in [1.29, 1.82) is 0 Å². The third-order valence-electron chi connectivity index (χ3n) is 1.54. The van der Waals surface area contributed by atoms with Gasteiger partial charge >= 0.3 is 0 Å². The van der Waals surface area contributed by atoms with Crippen LogP contribution in [-0.2, 0) is 18.4 Å². The Morgan fingerprint density at radius 1 is 1.60 bits per heavy atom. The number of hydrogen-bond donors (Lipinski definition) is 0. The Morgan fingerprint density at radius 3 is 2.70 bits per heavy atom. The molecule has 1 heterocycles. The van der Waals surface area contributed by atoms with E-state index in [1.807, 2.05) is 7.05 Å². The van der Waals surface area contributed by atoms with E-state index >= 15 is 0 Å². The highest BCUT2D eigenvalue weighted by Gasteiger charge is 1.97. The highest BCUT2D eigenvalue weighted by atomic mass is 16.5. The molecule has 1 aromatic heterocycles. The number of aryl methyl sites for hydroxylation is 2. The monoisotopic (exact) mass is 139 g/mol. The van der Waals surface area contributed by atoms with Crippen molar-refractivity contribution >= 4 is 0 Å². The molecule has 0 atom stereocenters. The quantitative estimate of drug-likeness (QED) is 0.605. The van der Waals surface area contributed by atoms with Crippen molar-refractivity contribution in [3.63, 3.8) is 0 Å². The minimum atomic E-state index is 0.699. The average Bonchev–Trinajstić information content (AvgIpc) is 2.13. The molecule has 0 aliphatic heterocycles. The van der Waals surface area contributed by atoms with Crippen LogP contribution in [0.25, 0.3) is 0 Å². The summed E-state index contributed by atoms with van der Waals surface area (Å²) < 4.78 is 7.08. The lowest BCUT2D eigenvalue weighted by atomic mass is 10.3. The van der Waals surface area contributed by atoms with Gasteiger partial charge in [0.2, 0.25) is 0 Å². The van der Waals surface area contributed by atoms with Crippen molar-refractivity contribution in [3.05, 3.63) is 23.5 Å². The fourth-order valence-electron chi connectivity index (χ4n) is 1.08. The van der Waals surface area contributed by atoms with E-state index in [1.54, 1.807) is 7.11 Å². The fraction of sp³-hybridized carbons (Fsp3) is 0.500. The van der Waals surface area contributed by atoms with Gasteiger partial charge in [0, 0.05) is 26.0 Å². The number of aromatic nitrogens is 1. The Morgan fingerprint density at radius 2 is 2.30 bits per heavy atom. The van der Waals surface area contributed by atoms with E-state index in [4.69, 9.17) is 4.74 Å². The molecule has 0 spiro atoms. The van der Waals surface area contributed by atoms with Crippen molar-refractivity contribution < 1.29 is 4.74 Å². The van der Waals surface area contributed by atoms with Gasteiger partial charge in [-0.1, -0.05) is 0 Å². The second-order valence-corrected chi connectivity index (χ2v) is 2.55. The Labute approximate surface area is 61.4 Å². The van der Waals surface area contributed by atoms with Crippen LogP contribution in [0.1, 0.15) is 11.3 Å². The van der Waals surface area contributed by atoms with Crippen LogP contribution >= 0.6 is 0 Å². The summed E-state index contributed by atoms with van der Waals surface area (Å²) in [6.07, 6.45) is 2.09. The van der Waals surface area contributed by atoms with Crippen molar-refractivity contribution in [2.75, 3.05) is 7.11 Å². The number of ether oxygens (including phenoxy) is 1. The van der Waals surface area contributed by atoms with Crippen molar-refractivity contribution in [1.82, 2.24) is 4.57 Å². The van der Waals surface area contributed by atoms with E-state index in [-0.39, 0.29) is 0 Å². The minimum absolute atomic E-state index is 0.699.